The summed E-state index contributed by atoms with van der Waals surface area (Å²) >= 11 is 0. The number of esters is 1. The summed E-state index contributed by atoms with van der Waals surface area (Å²) in [5, 5.41) is 9.69. The number of fused-ring (bicyclic) bond motifs is 2. The molecule has 1 heterocycles. The molecule has 0 bridgehead atoms. The average Bonchev–Trinajstić information content (AvgIpc) is 2.63. The van der Waals surface area contributed by atoms with Crippen LogP contribution in [-0.2, 0) is 16.6 Å². The number of aliphatic carboxylic acids is 1. The first-order valence-electron chi connectivity index (χ1n) is 8.41. The number of para-hydroxylation sites is 1. The molecule has 0 spiro atoms. The molecule has 134 valence electrons. The van der Waals surface area contributed by atoms with E-state index in [-0.39, 0.29) is 18.3 Å². The van der Waals surface area contributed by atoms with Gasteiger partial charge in [-0.15, -0.1) is 0 Å². The number of ether oxygens (including phenoxy) is 1. The van der Waals surface area contributed by atoms with Crippen molar-refractivity contribution in [3.8, 4) is 5.75 Å². The van der Waals surface area contributed by atoms with E-state index in [0.717, 1.165) is 11.0 Å². The summed E-state index contributed by atoms with van der Waals surface area (Å²) in [6.07, 6.45) is 1.05. The van der Waals surface area contributed by atoms with E-state index in [1.807, 2.05) is 29.8 Å². The first kappa shape index (κ1) is 17.7. The number of hydrogen-bond acceptors (Lipinski definition) is 4. The monoisotopic (exact) mass is 353 g/mol. The topological polar surface area (TPSA) is 85.6 Å². The Hall–Kier alpha value is -3.15. The van der Waals surface area contributed by atoms with Crippen LogP contribution in [0.25, 0.3) is 21.8 Å². The van der Waals surface area contributed by atoms with E-state index in [0.29, 0.717) is 29.4 Å². The van der Waals surface area contributed by atoms with Crippen molar-refractivity contribution in [2.75, 3.05) is 0 Å². The molecule has 0 aliphatic heterocycles. The second-order valence-corrected chi connectivity index (χ2v) is 6.16. The van der Waals surface area contributed by atoms with Gasteiger partial charge in [0, 0.05) is 30.7 Å². The number of aromatic nitrogens is 1. The van der Waals surface area contributed by atoms with Crippen molar-refractivity contribution in [3.63, 3.8) is 0 Å². The van der Waals surface area contributed by atoms with Gasteiger partial charge in [-0.2, -0.15) is 0 Å². The van der Waals surface area contributed by atoms with Crippen LogP contribution in [0.1, 0.15) is 25.7 Å². The van der Waals surface area contributed by atoms with Gasteiger partial charge in [0.15, 0.2) is 5.43 Å². The van der Waals surface area contributed by atoms with Gasteiger partial charge in [-0.3, -0.25) is 14.4 Å². The second kappa shape index (κ2) is 7.39. The first-order chi connectivity index (χ1) is 12.5. The summed E-state index contributed by atoms with van der Waals surface area (Å²) in [5.41, 5.74) is 1.50. The maximum Gasteiger partial charge on any atom is 0.311 e. The standard InChI is InChI=1S/C20H19NO5/c1-21-16-7-3-2-6-14(16)20(25)15-12-13(10-11-17(15)21)26-19(24)9-5-4-8-18(22)23/h2-3,6-7,10-12H,4-5,8-9H2,1H3,(H,22,23). The molecule has 0 unspecified atom stereocenters. The molecule has 3 aromatic rings. The molecule has 0 amide bonds. The van der Waals surface area contributed by atoms with Gasteiger partial charge in [0.2, 0.25) is 0 Å². The van der Waals surface area contributed by atoms with Crippen molar-refractivity contribution >= 4 is 33.7 Å². The van der Waals surface area contributed by atoms with Crippen LogP contribution in [-0.4, -0.2) is 21.6 Å². The predicted octanol–water partition coefficient (Wildman–Crippen LogP) is 3.24. The third-order valence-corrected chi connectivity index (χ3v) is 4.34. The fourth-order valence-corrected chi connectivity index (χ4v) is 3.01. The van der Waals surface area contributed by atoms with Crippen LogP contribution in [0.15, 0.2) is 47.3 Å². The van der Waals surface area contributed by atoms with Gasteiger partial charge in [0.05, 0.1) is 11.0 Å². The molecule has 2 aromatic carbocycles. The van der Waals surface area contributed by atoms with Gasteiger partial charge in [-0.1, -0.05) is 12.1 Å². The number of rotatable bonds is 6. The highest BCUT2D eigenvalue weighted by molar-refractivity contribution is 5.94. The second-order valence-electron chi connectivity index (χ2n) is 6.16. The smallest absolute Gasteiger partial charge is 0.311 e. The van der Waals surface area contributed by atoms with Gasteiger partial charge in [-0.05, 0) is 43.2 Å². The van der Waals surface area contributed by atoms with Crippen LogP contribution in [0.4, 0.5) is 0 Å². The first-order valence-corrected chi connectivity index (χ1v) is 8.41. The highest BCUT2D eigenvalue weighted by Gasteiger charge is 2.11. The Bertz CT molecular complexity index is 1050. The number of benzene rings is 2. The Kier molecular flexibility index (Phi) is 5.02. The van der Waals surface area contributed by atoms with Crippen LogP contribution < -0.4 is 10.2 Å². The molecule has 0 aliphatic carbocycles. The molecule has 0 radical (unpaired) electrons. The van der Waals surface area contributed by atoms with E-state index in [1.54, 1.807) is 24.3 Å². The molecule has 3 rings (SSSR count). The summed E-state index contributed by atoms with van der Waals surface area (Å²) in [5.74, 6) is -1.00. The third-order valence-electron chi connectivity index (χ3n) is 4.34. The highest BCUT2D eigenvalue weighted by atomic mass is 16.5. The van der Waals surface area contributed by atoms with Crippen molar-refractivity contribution in [1.82, 2.24) is 4.57 Å². The molecule has 1 N–H and O–H groups in total. The van der Waals surface area contributed by atoms with E-state index >= 15 is 0 Å². The number of aryl methyl sites for hydroxylation is 1. The average molecular weight is 353 g/mol. The Morgan fingerprint density at radius 3 is 2.46 bits per heavy atom. The van der Waals surface area contributed by atoms with Crippen molar-refractivity contribution in [2.45, 2.75) is 25.7 Å². The number of pyridine rings is 1. The minimum atomic E-state index is -0.879. The molecule has 0 atom stereocenters. The van der Waals surface area contributed by atoms with Gasteiger partial charge in [0.25, 0.3) is 0 Å². The number of hydrogen-bond donors (Lipinski definition) is 1. The molecular weight excluding hydrogens is 334 g/mol. The molecule has 6 heteroatoms. The number of carboxylic acid groups (broad SMARTS) is 1. The summed E-state index contributed by atoms with van der Waals surface area (Å²) < 4.78 is 7.24. The summed E-state index contributed by atoms with van der Waals surface area (Å²) in [6.45, 7) is 0. The van der Waals surface area contributed by atoms with Gasteiger partial charge in [-0.25, -0.2) is 0 Å². The fourth-order valence-electron chi connectivity index (χ4n) is 3.01. The van der Waals surface area contributed by atoms with Crippen LogP contribution in [0, 0.1) is 0 Å². The quantitative estimate of drug-likeness (QED) is 0.318. The number of carbonyl (C=O) groups is 2. The minimum absolute atomic E-state index is 0.0341. The maximum absolute atomic E-state index is 12.7. The van der Waals surface area contributed by atoms with Crippen LogP contribution in [0.3, 0.4) is 0 Å². The fraction of sp³-hybridized carbons (Fsp3) is 0.250. The molecule has 0 fully saturated rings. The van der Waals surface area contributed by atoms with Crippen molar-refractivity contribution in [1.29, 1.82) is 0 Å². The van der Waals surface area contributed by atoms with E-state index < -0.39 is 11.9 Å². The zero-order chi connectivity index (χ0) is 18.7. The van der Waals surface area contributed by atoms with Crippen LogP contribution in [0.5, 0.6) is 5.75 Å². The SMILES string of the molecule is Cn1c2ccccc2c(=O)c2cc(OC(=O)CCCCC(=O)O)ccc21. The van der Waals surface area contributed by atoms with Gasteiger partial charge >= 0.3 is 11.9 Å². The Morgan fingerprint density at radius 2 is 1.69 bits per heavy atom. The zero-order valence-electron chi connectivity index (χ0n) is 14.4. The van der Waals surface area contributed by atoms with E-state index in [1.165, 1.54) is 0 Å². The number of carboxylic acids is 1. The molecule has 0 saturated carbocycles. The van der Waals surface area contributed by atoms with Gasteiger partial charge in [0.1, 0.15) is 5.75 Å². The highest BCUT2D eigenvalue weighted by Crippen LogP contribution is 2.22. The van der Waals surface area contributed by atoms with E-state index in [2.05, 4.69) is 0 Å². The summed E-state index contributed by atoms with van der Waals surface area (Å²) in [7, 11) is 1.89. The van der Waals surface area contributed by atoms with Crippen molar-refractivity contribution < 1.29 is 19.4 Å². The third kappa shape index (κ3) is 3.59. The summed E-state index contributed by atoms with van der Waals surface area (Å²) in [4.78, 5) is 35.1. The molecule has 26 heavy (non-hydrogen) atoms. The maximum atomic E-state index is 12.7. The lowest BCUT2D eigenvalue weighted by molar-refractivity contribution is -0.138. The minimum Gasteiger partial charge on any atom is -0.481 e. The molecule has 1 aromatic heterocycles. The largest absolute Gasteiger partial charge is 0.481 e. The Labute approximate surface area is 149 Å². The Morgan fingerprint density at radius 1 is 1.00 bits per heavy atom. The normalized spacial score (nSPS) is 11.0. The number of unbranched alkanes of at least 4 members (excludes halogenated alkanes) is 1. The van der Waals surface area contributed by atoms with Crippen molar-refractivity contribution in [3.05, 3.63) is 52.7 Å². The zero-order valence-corrected chi connectivity index (χ0v) is 14.4. The molecule has 6 nitrogen and oxygen atoms in total. The van der Waals surface area contributed by atoms with Gasteiger partial charge < -0.3 is 14.4 Å². The molecule has 0 saturated heterocycles. The van der Waals surface area contributed by atoms with Crippen LogP contribution >= 0.6 is 0 Å². The Balaban J connectivity index is 1.84. The van der Waals surface area contributed by atoms with Crippen LogP contribution in [0.2, 0.25) is 0 Å². The van der Waals surface area contributed by atoms with E-state index in [9.17, 15) is 14.4 Å². The lowest BCUT2D eigenvalue weighted by Gasteiger charge is -2.11. The van der Waals surface area contributed by atoms with Crippen molar-refractivity contribution in [2.24, 2.45) is 7.05 Å². The molecular formula is C20H19NO5. The molecule has 0 aliphatic rings. The number of carbonyl (C=O) groups excluding carboxylic acids is 1. The summed E-state index contributed by atoms with van der Waals surface area (Å²) in [6, 6.07) is 12.4. The predicted molar refractivity (Wildman–Crippen MR) is 98.4 cm³/mol. The number of nitrogens with zero attached hydrogens (tertiary/aromatic N) is 1. The lowest BCUT2D eigenvalue weighted by atomic mass is 10.1. The van der Waals surface area contributed by atoms with E-state index in [4.69, 9.17) is 9.84 Å². The lowest BCUT2D eigenvalue weighted by Crippen LogP contribution is -2.11.